The van der Waals surface area contributed by atoms with Crippen molar-refractivity contribution in [1.29, 1.82) is 0 Å². The fourth-order valence-corrected chi connectivity index (χ4v) is 1.82. The number of carbonyl (C=O) groups is 1. The minimum Gasteiger partial charge on any atom is -0.501 e. The zero-order valence-electron chi connectivity index (χ0n) is 12.7. The van der Waals surface area contributed by atoms with Crippen LogP contribution in [0.1, 0.15) is 23.8 Å². The molecule has 0 unspecified atom stereocenters. The van der Waals surface area contributed by atoms with E-state index in [9.17, 15) is 15.0 Å². The van der Waals surface area contributed by atoms with Crippen molar-refractivity contribution in [3.63, 3.8) is 0 Å². The van der Waals surface area contributed by atoms with Gasteiger partial charge in [-0.15, -0.1) is 0 Å². The highest BCUT2D eigenvalue weighted by Crippen LogP contribution is 2.27. The normalized spacial score (nSPS) is 10.5. The number of aromatic hydroxyl groups is 2. The van der Waals surface area contributed by atoms with Crippen LogP contribution in [0.15, 0.2) is 24.4 Å². The Morgan fingerprint density at radius 3 is 2.83 bits per heavy atom. The number of nitrogens with zero attached hydrogens (tertiary/aromatic N) is 3. The van der Waals surface area contributed by atoms with Crippen molar-refractivity contribution < 1.29 is 19.7 Å². The maximum Gasteiger partial charge on any atom is 0.274 e. The molecule has 8 nitrogen and oxygen atoms in total. The van der Waals surface area contributed by atoms with Crippen LogP contribution in [0.3, 0.4) is 0 Å². The largest absolute Gasteiger partial charge is 0.501 e. The van der Waals surface area contributed by atoms with Gasteiger partial charge in [0.15, 0.2) is 11.5 Å². The van der Waals surface area contributed by atoms with Gasteiger partial charge in [0, 0.05) is 26.0 Å². The molecule has 0 bridgehead atoms. The third kappa shape index (κ3) is 4.36. The highest BCUT2D eigenvalue weighted by Gasteiger charge is 2.20. The highest BCUT2D eigenvalue weighted by atomic mass is 16.5. The molecule has 1 amide bonds. The SMILES string of the molecule is CCOCCCNC(=O)c1nc(-c2ccccn2)nc(O)c1O. The van der Waals surface area contributed by atoms with Crippen LogP contribution in [0, 0.1) is 0 Å². The van der Waals surface area contributed by atoms with Crippen LogP contribution in [0.5, 0.6) is 11.6 Å². The van der Waals surface area contributed by atoms with Gasteiger partial charge in [-0.05, 0) is 25.5 Å². The maximum absolute atomic E-state index is 12.1. The van der Waals surface area contributed by atoms with Crippen molar-refractivity contribution in [2.75, 3.05) is 19.8 Å². The van der Waals surface area contributed by atoms with E-state index in [2.05, 4.69) is 20.3 Å². The lowest BCUT2D eigenvalue weighted by atomic mass is 10.3. The van der Waals surface area contributed by atoms with Crippen LogP contribution < -0.4 is 5.32 Å². The summed E-state index contributed by atoms with van der Waals surface area (Å²) in [7, 11) is 0. The Kier molecular flexibility index (Phi) is 5.81. The predicted molar refractivity (Wildman–Crippen MR) is 82.0 cm³/mol. The van der Waals surface area contributed by atoms with E-state index in [1.165, 1.54) is 6.20 Å². The number of hydrogen-bond acceptors (Lipinski definition) is 7. The Morgan fingerprint density at radius 2 is 2.13 bits per heavy atom. The van der Waals surface area contributed by atoms with Gasteiger partial charge in [0.1, 0.15) is 5.69 Å². The molecular weight excluding hydrogens is 300 g/mol. The monoisotopic (exact) mass is 318 g/mol. The van der Waals surface area contributed by atoms with Crippen molar-refractivity contribution >= 4 is 5.91 Å². The molecule has 2 heterocycles. The first-order valence-corrected chi connectivity index (χ1v) is 7.20. The summed E-state index contributed by atoms with van der Waals surface area (Å²) in [4.78, 5) is 23.9. The molecule has 2 aromatic rings. The summed E-state index contributed by atoms with van der Waals surface area (Å²) < 4.78 is 5.17. The number of nitrogens with one attached hydrogen (secondary N) is 1. The van der Waals surface area contributed by atoms with Crippen LogP contribution in [-0.2, 0) is 4.74 Å². The molecule has 0 saturated carbocycles. The summed E-state index contributed by atoms with van der Waals surface area (Å²) in [5, 5.41) is 22.1. The van der Waals surface area contributed by atoms with Crippen molar-refractivity contribution in [3.05, 3.63) is 30.1 Å². The fraction of sp³-hybridized carbons (Fsp3) is 0.333. The summed E-state index contributed by atoms with van der Waals surface area (Å²) in [5.41, 5.74) is 0.0859. The Bertz CT molecular complexity index is 664. The molecule has 8 heteroatoms. The van der Waals surface area contributed by atoms with E-state index >= 15 is 0 Å². The summed E-state index contributed by atoms with van der Waals surface area (Å²) in [6.45, 7) is 3.39. The van der Waals surface area contributed by atoms with Crippen LogP contribution in [0.2, 0.25) is 0 Å². The summed E-state index contributed by atoms with van der Waals surface area (Å²) in [5.74, 6) is -1.87. The molecule has 2 rings (SSSR count). The Balaban J connectivity index is 2.14. The van der Waals surface area contributed by atoms with Crippen LogP contribution in [0.4, 0.5) is 0 Å². The molecule has 0 aliphatic rings. The van der Waals surface area contributed by atoms with Crippen molar-refractivity contribution in [2.24, 2.45) is 0 Å². The molecule has 0 atom stereocenters. The molecule has 3 N–H and O–H groups in total. The number of rotatable bonds is 7. The lowest BCUT2D eigenvalue weighted by Gasteiger charge is -2.08. The number of carbonyl (C=O) groups excluding carboxylic acids is 1. The summed E-state index contributed by atoms with van der Waals surface area (Å²) >= 11 is 0. The standard InChI is InChI=1S/C15H18N4O4/c1-2-23-9-5-8-17-14(21)11-12(20)15(22)19-13(18-11)10-6-3-4-7-16-10/h3-4,6-7,20H,2,5,8-9H2,1H3,(H,17,21)(H,18,19,22). The minimum atomic E-state index is -0.667. The molecule has 0 saturated heterocycles. The number of pyridine rings is 1. The average molecular weight is 318 g/mol. The van der Waals surface area contributed by atoms with Crippen molar-refractivity contribution in [1.82, 2.24) is 20.3 Å². The first-order chi connectivity index (χ1) is 11.1. The number of hydrogen-bond donors (Lipinski definition) is 3. The van der Waals surface area contributed by atoms with E-state index < -0.39 is 17.5 Å². The first kappa shape index (κ1) is 16.6. The van der Waals surface area contributed by atoms with Crippen LogP contribution in [-0.4, -0.2) is 50.8 Å². The zero-order chi connectivity index (χ0) is 16.7. The van der Waals surface area contributed by atoms with Crippen LogP contribution in [0.25, 0.3) is 11.5 Å². The molecule has 0 aromatic carbocycles. The topological polar surface area (TPSA) is 117 Å². The summed E-state index contributed by atoms with van der Waals surface area (Å²) in [6, 6.07) is 5.08. The Morgan fingerprint density at radius 1 is 1.30 bits per heavy atom. The van der Waals surface area contributed by atoms with E-state index in [4.69, 9.17) is 4.74 Å². The third-order valence-corrected chi connectivity index (χ3v) is 2.93. The zero-order valence-corrected chi connectivity index (χ0v) is 12.7. The van der Waals surface area contributed by atoms with Crippen LogP contribution >= 0.6 is 0 Å². The van der Waals surface area contributed by atoms with Gasteiger partial charge in [-0.1, -0.05) is 6.07 Å². The molecular formula is C15H18N4O4. The van der Waals surface area contributed by atoms with Gasteiger partial charge >= 0.3 is 0 Å². The van der Waals surface area contributed by atoms with Gasteiger partial charge < -0.3 is 20.3 Å². The second-order valence-corrected chi connectivity index (χ2v) is 4.59. The van der Waals surface area contributed by atoms with Gasteiger partial charge in [0.25, 0.3) is 11.8 Å². The molecule has 23 heavy (non-hydrogen) atoms. The molecule has 0 aliphatic heterocycles. The summed E-state index contributed by atoms with van der Waals surface area (Å²) in [6.07, 6.45) is 2.17. The van der Waals surface area contributed by atoms with Gasteiger partial charge in [-0.25, -0.2) is 4.98 Å². The lowest BCUT2D eigenvalue weighted by molar-refractivity contribution is 0.0935. The first-order valence-electron chi connectivity index (χ1n) is 7.20. The molecule has 122 valence electrons. The smallest absolute Gasteiger partial charge is 0.274 e. The number of aromatic nitrogens is 3. The van der Waals surface area contributed by atoms with Gasteiger partial charge in [0.2, 0.25) is 5.75 Å². The highest BCUT2D eigenvalue weighted by molar-refractivity contribution is 5.95. The average Bonchev–Trinajstić information content (AvgIpc) is 2.57. The van der Waals surface area contributed by atoms with Gasteiger partial charge in [-0.2, -0.15) is 4.98 Å². The molecule has 0 aliphatic carbocycles. The van der Waals surface area contributed by atoms with E-state index in [1.54, 1.807) is 18.2 Å². The van der Waals surface area contributed by atoms with Gasteiger partial charge in [-0.3, -0.25) is 9.78 Å². The van der Waals surface area contributed by atoms with E-state index in [0.29, 0.717) is 31.9 Å². The molecule has 0 radical (unpaired) electrons. The Hall–Kier alpha value is -2.74. The second kappa shape index (κ2) is 8.04. The number of ether oxygens (including phenoxy) is 1. The number of amides is 1. The second-order valence-electron chi connectivity index (χ2n) is 4.59. The minimum absolute atomic E-state index is 0.0559. The lowest BCUT2D eigenvalue weighted by Crippen LogP contribution is -2.26. The molecule has 2 aromatic heterocycles. The molecule has 0 fully saturated rings. The van der Waals surface area contributed by atoms with Gasteiger partial charge in [0.05, 0.1) is 0 Å². The predicted octanol–water partition coefficient (Wildman–Crippen LogP) is 1.11. The van der Waals surface area contributed by atoms with Crippen molar-refractivity contribution in [2.45, 2.75) is 13.3 Å². The Labute approximate surface area is 133 Å². The van der Waals surface area contributed by atoms with E-state index in [-0.39, 0.29) is 11.5 Å². The van der Waals surface area contributed by atoms with E-state index in [0.717, 1.165) is 0 Å². The fourth-order valence-electron chi connectivity index (χ4n) is 1.82. The maximum atomic E-state index is 12.1. The quantitative estimate of drug-likeness (QED) is 0.654. The van der Waals surface area contributed by atoms with Crippen molar-refractivity contribution in [3.8, 4) is 23.1 Å². The third-order valence-electron chi connectivity index (χ3n) is 2.93. The molecule has 0 spiro atoms. The van der Waals surface area contributed by atoms with E-state index in [1.807, 2.05) is 6.92 Å².